The third-order valence-electron chi connectivity index (χ3n) is 5.10. The van der Waals surface area contributed by atoms with Gasteiger partial charge in [-0.3, -0.25) is 4.98 Å². The molecule has 1 aromatic heterocycles. The molecule has 2 nitrogen and oxygen atoms in total. The van der Waals surface area contributed by atoms with Gasteiger partial charge in [0.15, 0.2) is 0 Å². The van der Waals surface area contributed by atoms with Crippen LogP contribution >= 0.6 is 0 Å². The van der Waals surface area contributed by atoms with Gasteiger partial charge in [0.2, 0.25) is 0 Å². The molecule has 1 aromatic rings. The molecule has 2 aliphatic rings. The molecule has 1 aliphatic heterocycles. The Balaban J connectivity index is 1.92. The lowest BCUT2D eigenvalue weighted by atomic mass is 9.67. The van der Waals surface area contributed by atoms with E-state index in [4.69, 9.17) is 9.72 Å². The third kappa shape index (κ3) is 2.43. The van der Waals surface area contributed by atoms with Gasteiger partial charge in [-0.25, -0.2) is 0 Å². The topological polar surface area (TPSA) is 22.1 Å². The highest BCUT2D eigenvalue weighted by molar-refractivity contribution is 5.20. The molecule has 2 heterocycles. The fraction of sp³-hybridized carbons (Fsp3) is 0.706. The van der Waals surface area contributed by atoms with E-state index in [0.717, 1.165) is 13.0 Å². The highest BCUT2D eigenvalue weighted by atomic mass is 16.5. The van der Waals surface area contributed by atoms with Crippen LogP contribution in [0.25, 0.3) is 0 Å². The van der Waals surface area contributed by atoms with Gasteiger partial charge in [0.25, 0.3) is 0 Å². The Kier molecular flexibility index (Phi) is 3.62. The molecule has 2 fully saturated rings. The first-order chi connectivity index (χ1) is 9.29. The summed E-state index contributed by atoms with van der Waals surface area (Å²) in [7, 11) is 0. The average molecular weight is 259 g/mol. The molecule has 1 saturated carbocycles. The molecule has 0 amide bonds. The molecule has 0 aromatic carbocycles. The minimum Gasteiger partial charge on any atom is -0.375 e. The minimum absolute atomic E-state index is 0.172. The van der Waals surface area contributed by atoms with Gasteiger partial charge in [-0.15, -0.1) is 0 Å². The van der Waals surface area contributed by atoms with Crippen molar-refractivity contribution in [1.29, 1.82) is 0 Å². The fourth-order valence-corrected chi connectivity index (χ4v) is 4.27. The molecule has 0 radical (unpaired) electrons. The van der Waals surface area contributed by atoms with E-state index in [9.17, 15) is 0 Å². The zero-order valence-electron chi connectivity index (χ0n) is 12.0. The summed E-state index contributed by atoms with van der Waals surface area (Å²) < 4.78 is 6.22. The number of ether oxygens (including phenoxy) is 1. The Morgan fingerprint density at radius 1 is 1.21 bits per heavy atom. The Labute approximate surface area is 116 Å². The number of nitrogens with zero attached hydrogens (tertiary/aromatic N) is 1. The number of hydrogen-bond acceptors (Lipinski definition) is 2. The van der Waals surface area contributed by atoms with Gasteiger partial charge in [0.1, 0.15) is 0 Å². The molecule has 2 heteroatoms. The summed E-state index contributed by atoms with van der Waals surface area (Å²) in [4.78, 5) is 4.69. The SMILES string of the molecule is CCCC1(c2ccccn2)CCOC2(CCCC2)C1. The summed E-state index contributed by atoms with van der Waals surface area (Å²) in [5.74, 6) is 0. The Bertz CT molecular complexity index is 407. The maximum atomic E-state index is 6.22. The summed E-state index contributed by atoms with van der Waals surface area (Å²) in [6.45, 7) is 3.21. The van der Waals surface area contributed by atoms with Crippen molar-refractivity contribution < 1.29 is 4.74 Å². The Morgan fingerprint density at radius 2 is 2.05 bits per heavy atom. The van der Waals surface area contributed by atoms with Gasteiger partial charge in [0.05, 0.1) is 5.60 Å². The zero-order chi connectivity index (χ0) is 13.2. The maximum absolute atomic E-state index is 6.22. The molecule has 1 atom stereocenters. The van der Waals surface area contributed by atoms with Crippen LogP contribution in [0.15, 0.2) is 24.4 Å². The van der Waals surface area contributed by atoms with Gasteiger partial charge in [-0.2, -0.15) is 0 Å². The van der Waals surface area contributed by atoms with Crippen molar-refractivity contribution in [2.24, 2.45) is 0 Å². The summed E-state index contributed by atoms with van der Waals surface area (Å²) in [5, 5.41) is 0. The highest BCUT2D eigenvalue weighted by Crippen LogP contribution is 2.49. The van der Waals surface area contributed by atoms with Crippen LogP contribution in [0, 0.1) is 0 Å². The van der Waals surface area contributed by atoms with Crippen molar-refractivity contribution in [3.8, 4) is 0 Å². The molecule has 1 spiro atoms. The van der Waals surface area contributed by atoms with Crippen molar-refractivity contribution in [2.45, 2.75) is 69.3 Å². The molecule has 1 saturated heterocycles. The van der Waals surface area contributed by atoms with Crippen molar-refractivity contribution in [1.82, 2.24) is 4.98 Å². The number of hydrogen-bond donors (Lipinski definition) is 0. The van der Waals surface area contributed by atoms with Crippen LogP contribution in [0.2, 0.25) is 0 Å². The molecule has 19 heavy (non-hydrogen) atoms. The van der Waals surface area contributed by atoms with Crippen LogP contribution in [-0.2, 0) is 10.2 Å². The molecular weight excluding hydrogens is 234 g/mol. The van der Waals surface area contributed by atoms with Crippen molar-refractivity contribution in [2.75, 3.05) is 6.61 Å². The molecule has 3 rings (SSSR count). The Morgan fingerprint density at radius 3 is 2.74 bits per heavy atom. The fourth-order valence-electron chi connectivity index (χ4n) is 4.27. The second-order valence-electron chi connectivity index (χ2n) is 6.41. The first-order valence-electron chi connectivity index (χ1n) is 7.84. The maximum Gasteiger partial charge on any atom is 0.0691 e. The van der Waals surface area contributed by atoms with Crippen LogP contribution in [0.5, 0.6) is 0 Å². The number of rotatable bonds is 3. The predicted octanol–water partition coefficient (Wildman–Crippen LogP) is 4.24. The normalized spacial score (nSPS) is 29.7. The second kappa shape index (κ2) is 5.24. The lowest BCUT2D eigenvalue weighted by Gasteiger charge is -2.46. The number of aromatic nitrogens is 1. The first kappa shape index (κ1) is 13.1. The predicted molar refractivity (Wildman–Crippen MR) is 77.2 cm³/mol. The van der Waals surface area contributed by atoms with Gasteiger partial charge in [-0.05, 0) is 44.2 Å². The van der Waals surface area contributed by atoms with Crippen LogP contribution in [0.3, 0.4) is 0 Å². The molecule has 0 N–H and O–H groups in total. The Hall–Kier alpha value is -0.890. The monoisotopic (exact) mass is 259 g/mol. The molecule has 1 aliphatic carbocycles. The minimum atomic E-state index is 0.172. The third-order valence-corrected chi connectivity index (χ3v) is 5.10. The summed E-state index contributed by atoms with van der Waals surface area (Å²) in [5.41, 5.74) is 1.73. The first-order valence-corrected chi connectivity index (χ1v) is 7.84. The van der Waals surface area contributed by atoms with Crippen molar-refractivity contribution >= 4 is 0 Å². The zero-order valence-corrected chi connectivity index (χ0v) is 12.0. The van der Waals surface area contributed by atoms with Crippen molar-refractivity contribution in [3.05, 3.63) is 30.1 Å². The molecule has 0 bridgehead atoms. The van der Waals surface area contributed by atoms with E-state index in [-0.39, 0.29) is 11.0 Å². The second-order valence-corrected chi connectivity index (χ2v) is 6.41. The van der Waals surface area contributed by atoms with Gasteiger partial charge >= 0.3 is 0 Å². The number of pyridine rings is 1. The lowest BCUT2D eigenvalue weighted by molar-refractivity contribution is -0.104. The highest BCUT2D eigenvalue weighted by Gasteiger charge is 2.47. The van der Waals surface area contributed by atoms with Crippen LogP contribution in [-0.4, -0.2) is 17.2 Å². The van der Waals surface area contributed by atoms with E-state index in [1.807, 2.05) is 12.3 Å². The molecule has 1 unspecified atom stereocenters. The largest absolute Gasteiger partial charge is 0.375 e. The van der Waals surface area contributed by atoms with E-state index in [1.165, 1.54) is 50.6 Å². The lowest BCUT2D eigenvalue weighted by Crippen LogP contribution is -2.46. The van der Waals surface area contributed by atoms with E-state index < -0.39 is 0 Å². The molecule has 104 valence electrons. The van der Waals surface area contributed by atoms with Gasteiger partial charge < -0.3 is 4.74 Å². The quantitative estimate of drug-likeness (QED) is 0.810. The average Bonchev–Trinajstić information content (AvgIpc) is 2.88. The van der Waals surface area contributed by atoms with Gasteiger partial charge in [-0.1, -0.05) is 32.3 Å². The van der Waals surface area contributed by atoms with Gasteiger partial charge in [0, 0.05) is 23.9 Å². The van der Waals surface area contributed by atoms with Crippen molar-refractivity contribution in [3.63, 3.8) is 0 Å². The summed E-state index contributed by atoms with van der Waals surface area (Å²) in [6.07, 6.45) is 11.9. The summed E-state index contributed by atoms with van der Waals surface area (Å²) in [6, 6.07) is 6.38. The van der Waals surface area contributed by atoms with Crippen LogP contribution in [0.4, 0.5) is 0 Å². The van der Waals surface area contributed by atoms with E-state index in [2.05, 4.69) is 19.1 Å². The van der Waals surface area contributed by atoms with Crippen LogP contribution < -0.4 is 0 Å². The van der Waals surface area contributed by atoms with E-state index in [0.29, 0.717) is 0 Å². The summed E-state index contributed by atoms with van der Waals surface area (Å²) >= 11 is 0. The van der Waals surface area contributed by atoms with E-state index in [1.54, 1.807) is 0 Å². The van der Waals surface area contributed by atoms with E-state index >= 15 is 0 Å². The standard InChI is InChI=1S/C17H25NO/c1-2-8-16(15-7-3-6-12-18-15)11-13-19-17(14-16)9-4-5-10-17/h3,6-7,12H,2,4-5,8-11,13-14H2,1H3. The van der Waals surface area contributed by atoms with Crippen LogP contribution in [0.1, 0.15) is 64.0 Å². The smallest absolute Gasteiger partial charge is 0.0691 e. The molecular formula is C17H25NO.